The number of nitrogens with zero attached hydrogens (tertiary/aromatic N) is 1. The molecule has 1 aromatic rings. The van der Waals surface area contributed by atoms with Gasteiger partial charge in [-0.15, -0.1) is 0 Å². The quantitative estimate of drug-likeness (QED) is 0.588. The summed E-state index contributed by atoms with van der Waals surface area (Å²) in [6.07, 6.45) is 1.25. The largest absolute Gasteiger partial charge is 0.463 e. The third kappa shape index (κ3) is 4.40. The first-order valence-electron chi connectivity index (χ1n) is 8.70. The second-order valence-corrected chi connectivity index (χ2v) is 6.47. The molecule has 7 heteroatoms. The van der Waals surface area contributed by atoms with Crippen molar-refractivity contribution >= 4 is 34.9 Å². The first-order chi connectivity index (χ1) is 12.4. The molecule has 0 aromatic heterocycles. The molecule has 2 rings (SSSR count). The molecule has 0 saturated carbocycles. The minimum atomic E-state index is -0.430. The van der Waals surface area contributed by atoms with Crippen molar-refractivity contribution in [1.82, 2.24) is 10.2 Å². The average Bonchev–Trinajstić information content (AvgIpc) is 2.60. The number of thiocarbonyl (C=S) groups is 1. The number of carbonyl (C=O) groups is 2. The van der Waals surface area contributed by atoms with E-state index in [1.807, 2.05) is 45.2 Å². The van der Waals surface area contributed by atoms with Gasteiger partial charge in [0, 0.05) is 24.9 Å². The van der Waals surface area contributed by atoms with Gasteiger partial charge in [-0.1, -0.05) is 19.1 Å². The number of anilines is 1. The number of allylic oxidation sites excluding steroid dienone is 1. The van der Waals surface area contributed by atoms with Gasteiger partial charge in [-0.25, -0.2) is 4.79 Å². The van der Waals surface area contributed by atoms with Gasteiger partial charge in [-0.05, 0) is 50.2 Å². The van der Waals surface area contributed by atoms with E-state index in [-0.39, 0.29) is 11.9 Å². The second-order valence-electron chi connectivity index (χ2n) is 6.08. The van der Waals surface area contributed by atoms with Gasteiger partial charge in [0.15, 0.2) is 5.11 Å². The molecule has 1 aliphatic heterocycles. The molecule has 0 aliphatic carbocycles. The standard InChI is InChI=1S/C19H25N3O3S/c1-5-8-15(23)20-14-10-7-9-13(11-14)17-16(18(24)25-6-2)12(3)22(4)19(26)21-17/h7,9-11,17H,5-6,8H2,1-4H3,(H,20,23)(H,21,26). The highest BCUT2D eigenvalue weighted by atomic mass is 32.1. The number of esters is 1. The van der Waals surface area contributed by atoms with Crippen molar-refractivity contribution in [3.05, 3.63) is 41.1 Å². The van der Waals surface area contributed by atoms with Crippen LogP contribution in [0.25, 0.3) is 0 Å². The summed E-state index contributed by atoms with van der Waals surface area (Å²) in [4.78, 5) is 26.2. The Labute approximate surface area is 159 Å². The van der Waals surface area contributed by atoms with E-state index >= 15 is 0 Å². The normalized spacial score (nSPS) is 17.0. The summed E-state index contributed by atoms with van der Waals surface area (Å²) in [5.74, 6) is -0.411. The Morgan fingerprint density at radius 3 is 2.73 bits per heavy atom. The Morgan fingerprint density at radius 2 is 2.08 bits per heavy atom. The van der Waals surface area contributed by atoms with Crippen molar-refractivity contribution in [1.29, 1.82) is 0 Å². The number of ether oxygens (including phenoxy) is 1. The van der Waals surface area contributed by atoms with Gasteiger partial charge in [0.1, 0.15) is 0 Å². The van der Waals surface area contributed by atoms with Crippen LogP contribution >= 0.6 is 12.2 Å². The third-order valence-electron chi connectivity index (χ3n) is 4.23. The molecule has 0 bridgehead atoms. The van der Waals surface area contributed by atoms with E-state index in [1.165, 1.54) is 0 Å². The van der Waals surface area contributed by atoms with Crippen molar-refractivity contribution in [2.24, 2.45) is 0 Å². The minimum Gasteiger partial charge on any atom is -0.463 e. The lowest BCUT2D eigenvalue weighted by molar-refractivity contribution is -0.139. The molecule has 26 heavy (non-hydrogen) atoms. The number of benzene rings is 1. The molecule has 1 heterocycles. The molecule has 0 radical (unpaired) electrons. The number of amides is 1. The zero-order valence-corrected chi connectivity index (χ0v) is 16.4. The molecule has 1 unspecified atom stereocenters. The summed E-state index contributed by atoms with van der Waals surface area (Å²) < 4.78 is 5.24. The molecular weight excluding hydrogens is 350 g/mol. The van der Waals surface area contributed by atoms with Crippen LogP contribution in [0.1, 0.15) is 45.2 Å². The molecule has 2 N–H and O–H groups in total. The van der Waals surface area contributed by atoms with Gasteiger partial charge in [-0.2, -0.15) is 0 Å². The lowest BCUT2D eigenvalue weighted by Crippen LogP contribution is -2.46. The van der Waals surface area contributed by atoms with Gasteiger partial charge >= 0.3 is 5.97 Å². The third-order valence-corrected chi connectivity index (χ3v) is 4.62. The van der Waals surface area contributed by atoms with Crippen LogP contribution in [0.5, 0.6) is 0 Å². The zero-order valence-electron chi connectivity index (χ0n) is 15.6. The molecule has 1 atom stereocenters. The topological polar surface area (TPSA) is 70.7 Å². The second kappa shape index (κ2) is 8.80. The highest BCUT2D eigenvalue weighted by Crippen LogP contribution is 2.31. The van der Waals surface area contributed by atoms with Crippen LogP contribution in [0, 0.1) is 0 Å². The maximum absolute atomic E-state index is 12.5. The van der Waals surface area contributed by atoms with Crippen LogP contribution in [0.2, 0.25) is 0 Å². The number of nitrogens with one attached hydrogen (secondary N) is 2. The minimum absolute atomic E-state index is 0.0335. The fourth-order valence-electron chi connectivity index (χ4n) is 2.81. The maximum atomic E-state index is 12.5. The SMILES string of the molecule is CCCC(=O)Nc1cccc(C2NC(=S)N(C)C(C)=C2C(=O)OCC)c1. The van der Waals surface area contributed by atoms with E-state index < -0.39 is 6.04 Å². The van der Waals surface area contributed by atoms with E-state index in [1.54, 1.807) is 11.8 Å². The van der Waals surface area contributed by atoms with Crippen LogP contribution in [0.15, 0.2) is 35.5 Å². The van der Waals surface area contributed by atoms with E-state index in [9.17, 15) is 9.59 Å². The summed E-state index contributed by atoms with van der Waals surface area (Å²) in [5, 5.41) is 6.60. The Balaban J connectivity index is 2.39. The van der Waals surface area contributed by atoms with Gasteiger partial charge in [0.2, 0.25) is 5.91 Å². The predicted molar refractivity (Wildman–Crippen MR) is 106 cm³/mol. The molecule has 0 fully saturated rings. The van der Waals surface area contributed by atoms with Crippen LogP contribution < -0.4 is 10.6 Å². The van der Waals surface area contributed by atoms with Gasteiger partial charge < -0.3 is 20.3 Å². The number of hydrogen-bond acceptors (Lipinski definition) is 4. The number of hydrogen-bond donors (Lipinski definition) is 2. The lowest BCUT2D eigenvalue weighted by Gasteiger charge is -2.35. The summed E-state index contributed by atoms with van der Waals surface area (Å²) >= 11 is 5.38. The number of rotatable bonds is 6. The van der Waals surface area contributed by atoms with Crippen molar-refractivity contribution in [2.75, 3.05) is 19.0 Å². The first-order valence-corrected chi connectivity index (χ1v) is 9.11. The fraction of sp³-hybridized carbons (Fsp3) is 0.421. The van der Waals surface area contributed by atoms with E-state index in [0.29, 0.717) is 29.4 Å². The molecule has 6 nitrogen and oxygen atoms in total. The fourth-order valence-corrected chi connectivity index (χ4v) is 3.06. The predicted octanol–water partition coefficient (Wildman–Crippen LogP) is 3.12. The van der Waals surface area contributed by atoms with Gasteiger partial charge in [0.25, 0.3) is 0 Å². The lowest BCUT2D eigenvalue weighted by atomic mass is 9.95. The summed E-state index contributed by atoms with van der Waals surface area (Å²) in [6.45, 7) is 5.87. The Kier molecular flexibility index (Phi) is 6.74. The monoisotopic (exact) mass is 375 g/mol. The molecule has 1 aromatic carbocycles. The van der Waals surface area contributed by atoms with Crippen LogP contribution in [-0.2, 0) is 14.3 Å². The van der Waals surface area contributed by atoms with Crippen molar-refractivity contribution in [3.63, 3.8) is 0 Å². The van der Waals surface area contributed by atoms with E-state index in [0.717, 1.165) is 17.7 Å². The highest BCUT2D eigenvalue weighted by Gasteiger charge is 2.33. The van der Waals surface area contributed by atoms with E-state index in [2.05, 4.69) is 10.6 Å². The van der Waals surface area contributed by atoms with Gasteiger partial charge in [0.05, 0.1) is 18.2 Å². The highest BCUT2D eigenvalue weighted by molar-refractivity contribution is 7.80. The zero-order chi connectivity index (χ0) is 19.3. The molecule has 0 saturated heterocycles. The van der Waals surface area contributed by atoms with Crippen molar-refractivity contribution < 1.29 is 14.3 Å². The molecular formula is C19H25N3O3S. The first kappa shape index (κ1) is 19.9. The van der Waals surface area contributed by atoms with E-state index in [4.69, 9.17) is 17.0 Å². The molecule has 1 aliphatic rings. The van der Waals surface area contributed by atoms with Crippen LogP contribution in [0.4, 0.5) is 5.69 Å². The van der Waals surface area contributed by atoms with Crippen molar-refractivity contribution in [2.45, 2.75) is 39.7 Å². The Bertz CT molecular complexity index is 745. The van der Waals surface area contributed by atoms with Crippen LogP contribution in [0.3, 0.4) is 0 Å². The molecule has 1 amide bonds. The van der Waals surface area contributed by atoms with Gasteiger partial charge in [-0.3, -0.25) is 4.79 Å². The molecule has 0 spiro atoms. The van der Waals surface area contributed by atoms with Crippen LogP contribution in [-0.4, -0.2) is 35.5 Å². The summed E-state index contributed by atoms with van der Waals surface area (Å²) in [5.41, 5.74) is 2.78. The smallest absolute Gasteiger partial charge is 0.338 e. The number of carbonyl (C=O) groups excluding carboxylic acids is 2. The Morgan fingerprint density at radius 1 is 1.35 bits per heavy atom. The summed E-state index contributed by atoms with van der Waals surface area (Å²) in [7, 11) is 1.81. The Hall–Kier alpha value is -2.41. The average molecular weight is 375 g/mol. The van der Waals surface area contributed by atoms with Crippen molar-refractivity contribution in [3.8, 4) is 0 Å². The summed E-state index contributed by atoms with van der Waals surface area (Å²) in [6, 6.07) is 6.99. The molecule has 140 valence electrons. The maximum Gasteiger partial charge on any atom is 0.338 e.